The van der Waals surface area contributed by atoms with E-state index in [4.69, 9.17) is 34.8 Å². The Labute approximate surface area is 147 Å². The van der Waals surface area contributed by atoms with E-state index in [-0.39, 0.29) is 21.2 Å². The second kappa shape index (κ2) is 6.32. The van der Waals surface area contributed by atoms with E-state index >= 15 is 0 Å². The van der Waals surface area contributed by atoms with Gasteiger partial charge in [-0.15, -0.1) is 0 Å². The van der Waals surface area contributed by atoms with Crippen molar-refractivity contribution in [2.45, 2.75) is 6.92 Å². The number of nitrogens with zero attached hydrogens (tertiary/aromatic N) is 2. The van der Waals surface area contributed by atoms with Gasteiger partial charge in [0.05, 0.1) is 5.69 Å². The molecule has 2 aromatic heterocycles. The summed E-state index contributed by atoms with van der Waals surface area (Å²) in [6.45, 7) is 1.77. The molecule has 0 atom stereocenters. The number of fused-ring (bicyclic) bond motifs is 1. The van der Waals surface area contributed by atoms with Crippen LogP contribution in [0.15, 0.2) is 36.4 Å². The number of pyridine rings is 2. The van der Waals surface area contributed by atoms with Crippen LogP contribution in [0.25, 0.3) is 10.8 Å². The fourth-order valence-corrected chi connectivity index (χ4v) is 3.04. The summed E-state index contributed by atoms with van der Waals surface area (Å²) in [6.07, 6.45) is 0. The molecule has 0 bridgehead atoms. The summed E-state index contributed by atoms with van der Waals surface area (Å²) in [7, 11) is 0. The molecule has 1 aromatic carbocycles. The zero-order valence-electron chi connectivity index (χ0n) is 11.9. The first-order valence-corrected chi connectivity index (χ1v) is 7.78. The van der Waals surface area contributed by atoms with Crippen LogP contribution >= 0.6 is 34.8 Å². The first kappa shape index (κ1) is 16.0. The monoisotopic (exact) mass is 365 g/mol. The van der Waals surface area contributed by atoms with Gasteiger partial charge in [0.25, 0.3) is 5.91 Å². The van der Waals surface area contributed by atoms with Crippen molar-refractivity contribution in [2.24, 2.45) is 0 Å². The molecule has 0 aliphatic rings. The molecule has 3 aromatic rings. The maximum absolute atomic E-state index is 12.4. The Morgan fingerprint density at radius 2 is 1.78 bits per heavy atom. The maximum atomic E-state index is 12.4. The Hall–Kier alpha value is -1.88. The number of rotatable bonds is 2. The van der Waals surface area contributed by atoms with Gasteiger partial charge >= 0.3 is 0 Å². The third-order valence-corrected chi connectivity index (χ3v) is 4.06. The predicted octanol–water partition coefficient (Wildman–Crippen LogP) is 5.15. The van der Waals surface area contributed by atoms with Gasteiger partial charge in [-0.2, -0.15) is 0 Å². The standard InChI is InChI=1S/C16H10Cl3N3O/c1-8-6-12(17)21-15(19)13(8)22-16(23)11-7-9-4-2-3-5-10(9)14(18)20-11/h2-7H,1H3,(H,22,23). The summed E-state index contributed by atoms with van der Waals surface area (Å²) in [5.74, 6) is -0.424. The lowest BCUT2D eigenvalue weighted by Crippen LogP contribution is -2.15. The van der Waals surface area contributed by atoms with Gasteiger partial charge in [-0.3, -0.25) is 4.79 Å². The van der Waals surface area contributed by atoms with Gasteiger partial charge in [-0.05, 0) is 30.0 Å². The highest BCUT2D eigenvalue weighted by Gasteiger charge is 2.15. The van der Waals surface area contributed by atoms with Gasteiger partial charge in [-0.1, -0.05) is 59.1 Å². The van der Waals surface area contributed by atoms with Crippen LogP contribution in [0.3, 0.4) is 0 Å². The molecule has 0 saturated heterocycles. The normalized spacial score (nSPS) is 10.8. The minimum absolute atomic E-state index is 0.121. The van der Waals surface area contributed by atoms with Gasteiger partial charge in [0.15, 0.2) is 5.15 Å². The number of aryl methyl sites for hydroxylation is 1. The molecule has 0 unspecified atom stereocenters. The number of hydrogen-bond acceptors (Lipinski definition) is 3. The number of benzene rings is 1. The van der Waals surface area contributed by atoms with E-state index in [9.17, 15) is 4.79 Å². The largest absolute Gasteiger partial charge is 0.318 e. The zero-order valence-corrected chi connectivity index (χ0v) is 14.2. The van der Waals surface area contributed by atoms with Crippen LogP contribution in [0.1, 0.15) is 16.1 Å². The van der Waals surface area contributed by atoms with Crippen LogP contribution in [0.2, 0.25) is 15.5 Å². The smallest absolute Gasteiger partial charge is 0.274 e. The minimum Gasteiger partial charge on any atom is -0.318 e. The number of carbonyl (C=O) groups excluding carboxylic acids is 1. The fourth-order valence-electron chi connectivity index (χ4n) is 2.20. The Balaban J connectivity index is 1.98. The quantitative estimate of drug-likeness (QED) is 0.638. The Bertz CT molecular complexity index is 905. The first-order chi connectivity index (χ1) is 11.0. The van der Waals surface area contributed by atoms with Gasteiger partial charge in [0, 0.05) is 5.39 Å². The van der Waals surface area contributed by atoms with Crippen molar-refractivity contribution < 1.29 is 4.79 Å². The number of amides is 1. The molecule has 116 valence electrons. The van der Waals surface area contributed by atoms with E-state index in [1.54, 1.807) is 19.1 Å². The van der Waals surface area contributed by atoms with E-state index in [1.165, 1.54) is 0 Å². The summed E-state index contributed by atoms with van der Waals surface area (Å²) < 4.78 is 0. The van der Waals surface area contributed by atoms with E-state index < -0.39 is 5.91 Å². The van der Waals surface area contributed by atoms with Gasteiger partial charge in [-0.25, -0.2) is 9.97 Å². The molecule has 0 aliphatic carbocycles. The van der Waals surface area contributed by atoms with Gasteiger partial charge in [0.1, 0.15) is 16.0 Å². The number of halogens is 3. The molecule has 7 heteroatoms. The van der Waals surface area contributed by atoms with Crippen LogP contribution < -0.4 is 5.32 Å². The van der Waals surface area contributed by atoms with Gasteiger partial charge in [0.2, 0.25) is 0 Å². The second-order valence-electron chi connectivity index (χ2n) is 4.90. The average molecular weight is 367 g/mol. The molecular formula is C16H10Cl3N3O. The summed E-state index contributed by atoms with van der Waals surface area (Å²) >= 11 is 18.0. The molecule has 0 saturated carbocycles. The van der Waals surface area contributed by atoms with E-state index in [0.29, 0.717) is 11.3 Å². The predicted molar refractivity (Wildman–Crippen MR) is 93.7 cm³/mol. The van der Waals surface area contributed by atoms with Crippen molar-refractivity contribution in [3.8, 4) is 0 Å². The van der Waals surface area contributed by atoms with Crippen LogP contribution in [0.5, 0.6) is 0 Å². The summed E-state index contributed by atoms with van der Waals surface area (Å²) in [5, 5.41) is 4.97. The molecule has 0 fully saturated rings. The van der Waals surface area contributed by atoms with E-state index in [2.05, 4.69) is 15.3 Å². The highest BCUT2D eigenvalue weighted by molar-refractivity contribution is 6.35. The highest BCUT2D eigenvalue weighted by atomic mass is 35.5. The van der Waals surface area contributed by atoms with E-state index in [0.717, 1.165) is 10.8 Å². The molecule has 0 aliphatic heterocycles. The average Bonchev–Trinajstić information content (AvgIpc) is 2.50. The maximum Gasteiger partial charge on any atom is 0.274 e. The highest BCUT2D eigenvalue weighted by Crippen LogP contribution is 2.28. The lowest BCUT2D eigenvalue weighted by molar-refractivity contribution is 0.102. The molecule has 2 heterocycles. The van der Waals surface area contributed by atoms with Crippen molar-refractivity contribution in [1.82, 2.24) is 9.97 Å². The molecular weight excluding hydrogens is 357 g/mol. The summed E-state index contributed by atoms with van der Waals surface area (Å²) in [5.41, 5.74) is 1.29. The van der Waals surface area contributed by atoms with Crippen LogP contribution in [-0.2, 0) is 0 Å². The molecule has 3 rings (SSSR count). The Morgan fingerprint density at radius 3 is 2.52 bits per heavy atom. The molecule has 1 amide bonds. The van der Waals surface area contributed by atoms with Crippen molar-refractivity contribution in [2.75, 3.05) is 5.32 Å². The lowest BCUT2D eigenvalue weighted by Gasteiger charge is -2.10. The van der Waals surface area contributed by atoms with Crippen LogP contribution in [0, 0.1) is 6.92 Å². The Kier molecular flexibility index (Phi) is 4.39. The number of carbonyl (C=O) groups is 1. The number of nitrogens with one attached hydrogen (secondary N) is 1. The molecule has 0 radical (unpaired) electrons. The van der Waals surface area contributed by atoms with Crippen molar-refractivity contribution in [1.29, 1.82) is 0 Å². The summed E-state index contributed by atoms with van der Waals surface area (Å²) in [4.78, 5) is 20.5. The first-order valence-electron chi connectivity index (χ1n) is 6.65. The van der Waals surface area contributed by atoms with Crippen LogP contribution in [-0.4, -0.2) is 15.9 Å². The molecule has 4 nitrogen and oxygen atoms in total. The van der Waals surface area contributed by atoms with Crippen LogP contribution in [0.4, 0.5) is 5.69 Å². The Morgan fingerprint density at radius 1 is 1.04 bits per heavy atom. The van der Waals surface area contributed by atoms with Gasteiger partial charge < -0.3 is 5.32 Å². The lowest BCUT2D eigenvalue weighted by atomic mass is 10.1. The third kappa shape index (κ3) is 3.24. The SMILES string of the molecule is Cc1cc(Cl)nc(Cl)c1NC(=O)c1cc2ccccc2c(Cl)n1. The van der Waals surface area contributed by atoms with E-state index in [1.807, 2.05) is 24.3 Å². The second-order valence-corrected chi connectivity index (χ2v) is 6.00. The minimum atomic E-state index is -0.424. The molecule has 0 spiro atoms. The number of aromatic nitrogens is 2. The van der Waals surface area contributed by atoms with Crippen molar-refractivity contribution in [3.63, 3.8) is 0 Å². The number of anilines is 1. The fraction of sp³-hybridized carbons (Fsp3) is 0.0625. The molecule has 23 heavy (non-hydrogen) atoms. The molecule has 1 N–H and O–H groups in total. The summed E-state index contributed by atoms with van der Waals surface area (Å²) in [6, 6.07) is 10.7. The van der Waals surface area contributed by atoms with Crippen molar-refractivity contribution >= 4 is 57.2 Å². The third-order valence-electron chi connectivity index (χ3n) is 3.31. The zero-order chi connectivity index (χ0) is 16.6. The number of hydrogen-bond donors (Lipinski definition) is 1. The topological polar surface area (TPSA) is 54.9 Å². The van der Waals surface area contributed by atoms with Crippen molar-refractivity contribution in [3.05, 3.63) is 63.1 Å².